The van der Waals surface area contributed by atoms with E-state index in [0.29, 0.717) is 5.92 Å². The predicted molar refractivity (Wildman–Crippen MR) is 96.1 cm³/mol. The number of thioether (sulfide) groups is 1. The van der Waals surface area contributed by atoms with Crippen molar-refractivity contribution in [3.05, 3.63) is 40.7 Å². The van der Waals surface area contributed by atoms with E-state index >= 15 is 0 Å². The summed E-state index contributed by atoms with van der Waals surface area (Å²) in [5, 5.41) is 13.7. The Morgan fingerprint density at radius 2 is 2.00 bits per heavy atom. The van der Waals surface area contributed by atoms with Gasteiger partial charge in [-0.2, -0.15) is 4.52 Å². The van der Waals surface area contributed by atoms with E-state index in [0.717, 1.165) is 32.3 Å². The molecule has 0 radical (unpaired) electrons. The molecule has 8 heteroatoms. The van der Waals surface area contributed by atoms with E-state index in [-0.39, 0.29) is 6.04 Å². The van der Waals surface area contributed by atoms with E-state index in [1.807, 2.05) is 24.3 Å². The molecule has 23 heavy (non-hydrogen) atoms. The van der Waals surface area contributed by atoms with Crippen LogP contribution < -0.4 is 5.73 Å². The highest BCUT2D eigenvalue weighted by Gasteiger charge is 2.18. The highest BCUT2D eigenvalue weighted by Crippen LogP contribution is 2.29. The van der Waals surface area contributed by atoms with Crippen LogP contribution in [0.3, 0.4) is 0 Å². The third-order valence-electron chi connectivity index (χ3n) is 3.33. The zero-order chi connectivity index (χ0) is 16.4. The molecule has 1 unspecified atom stereocenters. The first-order valence-electron chi connectivity index (χ1n) is 7.38. The second-order valence-corrected chi connectivity index (χ2v) is 8.39. The van der Waals surface area contributed by atoms with Crippen molar-refractivity contribution in [2.45, 2.75) is 36.4 Å². The Morgan fingerprint density at radius 1 is 1.26 bits per heavy atom. The normalized spacial score (nSPS) is 13.1. The molecule has 5 nitrogen and oxygen atoms in total. The van der Waals surface area contributed by atoms with Crippen molar-refractivity contribution < 1.29 is 0 Å². The molecule has 1 atom stereocenters. The summed E-state index contributed by atoms with van der Waals surface area (Å²) in [5.74, 6) is 2.09. The van der Waals surface area contributed by atoms with Crippen molar-refractivity contribution in [2.75, 3.05) is 0 Å². The van der Waals surface area contributed by atoms with Gasteiger partial charge in [0, 0.05) is 10.8 Å². The van der Waals surface area contributed by atoms with Gasteiger partial charge in [0.1, 0.15) is 0 Å². The minimum Gasteiger partial charge on any atom is -0.321 e. The predicted octanol–water partition coefficient (Wildman–Crippen LogP) is 4.18. The average Bonchev–Trinajstić information content (AvgIpc) is 3.05. The number of nitrogens with zero attached hydrogens (tertiary/aromatic N) is 4. The highest BCUT2D eigenvalue weighted by molar-refractivity contribution is 8.00. The van der Waals surface area contributed by atoms with Crippen molar-refractivity contribution in [1.29, 1.82) is 0 Å². The molecule has 0 aliphatic rings. The summed E-state index contributed by atoms with van der Waals surface area (Å²) in [6.07, 6.45) is 0.867. The highest BCUT2D eigenvalue weighted by atomic mass is 35.5. The van der Waals surface area contributed by atoms with Crippen LogP contribution in [0, 0.1) is 5.92 Å². The fourth-order valence-electron chi connectivity index (χ4n) is 2.24. The van der Waals surface area contributed by atoms with Crippen LogP contribution in [0.5, 0.6) is 0 Å². The van der Waals surface area contributed by atoms with Gasteiger partial charge in [-0.25, -0.2) is 0 Å². The molecule has 0 spiro atoms. The Hall–Kier alpha value is -1.15. The lowest BCUT2D eigenvalue weighted by atomic mass is 10.0. The standard InChI is InChI=1S/C15H18ClN5S2/c1-9(2)7-12(17)13-18-19-14-21(13)20-15(23-14)22-8-10-3-5-11(16)6-4-10/h3-6,9,12H,7-8,17H2,1-2H3. The maximum absolute atomic E-state index is 6.22. The largest absolute Gasteiger partial charge is 0.321 e. The summed E-state index contributed by atoms with van der Waals surface area (Å²) in [6, 6.07) is 7.72. The van der Waals surface area contributed by atoms with Gasteiger partial charge in [0.25, 0.3) is 0 Å². The van der Waals surface area contributed by atoms with Crippen LogP contribution in [0.15, 0.2) is 28.6 Å². The molecule has 0 aliphatic heterocycles. The number of halogens is 1. The Balaban J connectivity index is 1.73. The summed E-state index contributed by atoms with van der Waals surface area (Å²) in [5.41, 5.74) is 7.43. The molecule has 0 saturated heterocycles. The first-order valence-corrected chi connectivity index (χ1v) is 9.56. The Bertz CT molecular complexity index is 781. The number of benzene rings is 1. The lowest BCUT2D eigenvalue weighted by molar-refractivity contribution is 0.485. The van der Waals surface area contributed by atoms with Gasteiger partial charge in [0.2, 0.25) is 4.96 Å². The van der Waals surface area contributed by atoms with Crippen molar-refractivity contribution in [3.8, 4) is 0 Å². The lowest BCUT2D eigenvalue weighted by Crippen LogP contribution is -2.16. The first-order chi connectivity index (χ1) is 11.0. The summed E-state index contributed by atoms with van der Waals surface area (Å²) in [6.45, 7) is 4.29. The third kappa shape index (κ3) is 4.03. The maximum Gasteiger partial charge on any atom is 0.235 e. The van der Waals surface area contributed by atoms with Gasteiger partial charge >= 0.3 is 0 Å². The summed E-state index contributed by atoms with van der Waals surface area (Å²) >= 11 is 9.12. The molecule has 0 bridgehead atoms. The van der Waals surface area contributed by atoms with E-state index < -0.39 is 0 Å². The molecule has 0 aliphatic carbocycles. The Labute approximate surface area is 148 Å². The molecule has 122 valence electrons. The molecule has 0 saturated carbocycles. The van der Waals surface area contributed by atoms with Crippen LogP contribution >= 0.6 is 34.7 Å². The van der Waals surface area contributed by atoms with E-state index in [2.05, 4.69) is 29.1 Å². The number of rotatable bonds is 6. The summed E-state index contributed by atoms with van der Waals surface area (Å²) in [7, 11) is 0. The van der Waals surface area contributed by atoms with Crippen molar-refractivity contribution in [3.63, 3.8) is 0 Å². The van der Waals surface area contributed by atoms with E-state index in [9.17, 15) is 0 Å². The van der Waals surface area contributed by atoms with Crippen LogP contribution in [0.2, 0.25) is 5.02 Å². The molecule has 0 fully saturated rings. The SMILES string of the molecule is CC(C)CC(N)c1nnc2sc(SCc3ccc(Cl)cc3)nn12. The van der Waals surface area contributed by atoms with E-state index in [4.69, 9.17) is 17.3 Å². The monoisotopic (exact) mass is 367 g/mol. The molecule has 0 amide bonds. The van der Waals surface area contributed by atoms with Gasteiger partial charge in [-0.1, -0.05) is 60.7 Å². The molecule has 2 aromatic heterocycles. The second kappa shape index (κ2) is 7.17. The number of aromatic nitrogens is 4. The smallest absolute Gasteiger partial charge is 0.235 e. The van der Waals surface area contributed by atoms with Crippen LogP contribution in [-0.4, -0.2) is 19.8 Å². The Morgan fingerprint density at radius 3 is 2.70 bits per heavy atom. The molecular weight excluding hydrogens is 350 g/mol. The fraction of sp³-hybridized carbons (Fsp3) is 0.400. The number of nitrogens with two attached hydrogens (primary N) is 1. The molecule has 2 N–H and O–H groups in total. The van der Waals surface area contributed by atoms with Gasteiger partial charge in [0.15, 0.2) is 10.2 Å². The van der Waals surface area contributed by atoms with E-state index in [1.165, 1.54) is 16.9 Å². The van der Waals surface area contributed by atoms with E-state index in [1.54, 1.807) is 16.3 Å². The number of hydrogen-bond donors (Lipinski definition) is 1. The minimum absolute atomic E-state index is 0.138. The first kappa shape index (κ1) is 16.7. The minimum atomic E-state index is -0.138. The molecule has 3 rings (SSSR count). The van der Waals surface area contributed by atoms with Gasteiger partial charge in [-0.3, -0.25) is 0 Å². The zero-order valence-electron chi connectivity index (χ0n) is 12.9. The van der Waals surface area contributed by atoms with Crippen LogP contribution in [0.25, 0.3) is 4.96 Å². The van der Waals surface area contributed by atoms with Crippen LogP contribution in [-0.2, 0) is 5.75 Å². The topological polar surface area (TPSA) is 69.1 Å². The van der Waals surface area contributed by atoms with Crippen molar-refractivity contribution >= 4 is 39.7 Å². The van der Waals surface area contributed by atoms with Gasteiger partial charge in [-0.15, -0.1) is 15.3 Å². The second-order valence-electron chi connectivity index (χ2n) is 5.77. The molecule has 2 heterocycles. The molecular formula is C15H18ClN5S2. The number of hydrogen-bond acceptors (Lipinski definition) is 6. The quantitative estimate of drug-likeness (QED) is 0.662. The van der Waals surface area contributed by atoms with Crippen LogP contribution in [0.1, 0.15) is 37.7 Å². The Kier molecular flexibility index (Phi) is 5.21. The molecule has 1 aromatic carbocycles. The van der Waals surface area contributed by atoms with Crippen molar-refractivity contribution in [1.82, 2.24) is 19.8 Å². The average molecular weight is 368 g/mol. The molecule has 3 aromatic rings. The van der Waals surface area contributed by atoms with Crippen LogP contribution in [0.4, 0.5) is 0 Å². The zero-order valence-corrected chi connectivity index (χ0v) is 15.3. The van der Waals surface area contributed by atoms with Crippen molar-refractivity contribution in [2.24, 2.45) is 11.7 Å². The van der Waals surface area contributed by atoms with Gasteiger partial charge < -0.3 is 5.73 Å². The number of fused-ring (bicyclic) bond motifs is 1. The third-order valence-corrected chi connectivity index (χ3v) is 5.68. The summed E-state index contributed by atoms with van der Waals surface area (Å²) in [4.78, 5) is 0.790. The van der Waals surface area contributed by atoms with Gasteiger partial charge in [-0.05, 0) is 30.0 Å². The maximum atomic E-state index is 6.22. The lowest BCUT2D eigenvalue weighted by Gasteiger charge is -2.10. The summed E-state index contributed by atoms with van der Waals surface area (Å²) < 4.78 is 2.74. The fourth-order valence-corrected chi connectivity index (χ4v) is 4.21. The van der Waals surface area contributed by atoms with Gasteiger partial charge in [0.05, 0.1) is 6.04 Å².